The first-order valence-corrected chi connectivity index (χ1v) is 7.23. The Morgan fingerprint density at radius 3 is 2.55 bits per heavy atom. The number of fused-ring (bicyclic) bond motifs is 1. The lowest BCUT2D eigenvalue weighted by Gasteiger charge is -2.37. The molecule has 1 aliphatic rings. The van der Waals surface area contributed by atoms with Gasteiger partial charge in [-0.25, -0.2) is 0 Å². The topological polar surface area (TPSA) is 42.1 Å². The van der Waals surface area contributed by atoms with Gasteiger partial charge in [-0.1, -0.05) is 30.3 Å². The van der Waals surface area contributed by atoms with Crippen LogP contribution in [0.2, 0.25) is 0 Å². The molecule has 2 N–H and O–H groups in total. The molecule has 3 rings (SSSR count). The molecule has 0 fully saturated rings. The predicted octanol–water partition coefficient (Wildman–Crippen LogP) is 2.53. The van der Waals surface area contributed by atoms with Crippen LogP contribution in [0.1, 0.15) is 29.8 Å². The summed E-state index contributed by atoms with van der Waals surface area (Å²) in [6, 6.07) is 15.0. The van der Waals surface area contributed by atoms with Gasteiger partial charge >= 0.3 is 0 Å². The summed E-state index contributed by atoms with van der Waals surface area (Å²) in [5.74, 6) is 0. The third-order valence-corrected chi connectivity index (χ3v) is 4.04. The molecular formula is C17H21N3. The molecule has 0 saturated heterocycles. The first kappa shape index (κ1) is 13.3. The summed E-state index contributed by atoms with van der Waals surface area (Å²) >= 11 is 0. The Balaban J connectivity index is 1.87. The van der Waals surface area contributed by atoms with Crippen molar-refractivity contribution in [1.29, 1.82) is 0 Å². The van der Waals surface area contributed by atoms with Crippen LogP contribution < -0.4 is 5.73 Å². The molecule has 0 spiro atoms. The van der Waals surface area contributed by atoms with Gasteiger partial charge in [-0.05, 0) is 36.6 Å². The van der Waals surface area contributed by atoms with Crippen LogP contribution in [0.3, 0.4) is 0 Å². The Hall–Kier alpha value is -1.71. The second-order valence-electron chi connectivity index (χ2n) is 5.55. The molecule has 2 atom stereocenters. The maximum Gasteiger partial charge on any atom is 0.0673 e. The fraction of sp³-hybridized carbons (Fsp3) is 0.353. The number of nitrogens with zero attached hydrogens (tertiary/aromatic N) is 2. The van der Waals surface area contributed by atoms with Gasteiger partial charge < -0.3 is 5.73 Å². The van der Waals surface area contributed by atoms with Gasteiger partial charge in [0.1, 0.15) is 0 Å². The lowest BCUT2D eigenvalue weighted by molar-refractivity contribution is 0.156. The van der Waals surface area contributed by atoms with Gasteiger partial charge in [0.2, 0.25) is 0 Å². The van der Waals surface area contributed by atoms with Crippen molar-refractivity contribution in [2.75, 3.05) is 6.54 Å². The van der Waals surface area contributed by atoms with Crippen LogP contribution in [-0.2, 0) is 13.0 Å². The molecule has 2 unspecified atom stereocenters. The van der Waals surface area contributed by atoms with E-state index in [9.17, 15) is 0 Å². The van der Waals surface area contributed by atoms with Crippen molar-refractivity contribution >= 4 is 0 Å². The highest BCUT2D eigenvalue weighted by Gasteiger charge is 2.27. The van der Waals surface area contributed by atoms with Gasteiger partial charge in [0.05, 0.1) is 11.7 Å². The van der Waals surface area contributed by atoms with E-state index in [0.717, 1.165) is 25.2 Å². The highest BCUT2D eigenvalue weighted by Crippen LogP contribution is 2.28. The van der Waals surface area contributed by atoms with E-state index in [2.05, 4.69) is 47.1 Å². The van der Waals surface area contributed by atoms with E-state index in [1.54, 1.807) is 0 Å². The highest BCUT2D eigenvalue weighted by atomic mass is 15.2. The molecule has 1 aromatic heterocycles. The number of hydrogen-bond donors (Lipinski definition) is 1. The van der Waals surface area contributed by atoms with Crippen LogP contribution in [0.25, 0.3) is 0 Å². The third kappa shape index (κ3) is 2.60. The average molecular weight is 267 g/mol. The van der Waals surface area contributed by atoms with Crippen LogP contribution in [0.15, 0.2) is 48.7 Å². The number of hydrogen-bond acceptors (Lipinski definition) is 3. The smallest absolute Gasteiger partial charge is 0.0673 e. The molecule has 0 aliphatic carbocycles. The van der Waals surface area contributed by atoms with Gasteiger partial charge in [-0.2, -0.15) is 0 Å². The summed E-state index contributed by atoms with van der Waals surface area (Å²) in [7, 11) is 0. The number of benzene rings is 1. The minimum atomic E-state index is 0.0650. The lowest BCUT2D eigenvalue weighted by Crippen LogP contribution is -2.42. The first-order valence-electron chi connectivity index (χ1n) is 7.23. The minimum absolute atomic E-state index is 0.0650. The largest absolute Gasteiger partial charge is 0.326 e. The molecule has 0 saturated carbocycles. The second-order valence-corrected chi connectivity index (χ2v) is 5.55. The monoisotopic (exact) mass is 267 g/mol. The van der Waals surface area contributed by atoms with Gasteiger partial charge in [-0.3, -0.25) is 9.88 Å². The van der Waals surface area contributed by atoms with Crippen molar-refractivity contribution in [2.24, 2.45) is 5.73 Å². The zero-order valence-electron chi connectivity index (χ0n) is 11.9. The van der Waals surface area contributed by atoms with Crippen molar-refractivity contribution < 1.29 is 0 Å². The summed E-state index contributed by atoms with van der Waals surface area (Å²) in [5.41, 5.74) is 10.2. The molecule has 3 heteroatoms. The van der Waals surface area contributed by atoms with Gasteiger partial charge in [0.25, 0.3) is 0 Å². The molecule has 20 heavy (non-hydrogen) atoms. The Morgan fingerprint density at radius 2 is 1.85 bits per heavy atom. The molecule has 0 amide bonds. The standard InChI is InChI=1S/C17H21N3/c1-13(18)17(16-8-4-5-10-19-16)20-11-9-14-6-2-3-7-15(14)12-20/h2-8,10,13,17H,9,11-12,18H2,1H3. The van der Waals surface area contributed by atoms with Crippen LogP contribution in [0, 0.1) is 0 Å². The quantitative estimate of drug-likeness (QED) is 0.929. The van der Waals surface area contributed by atoms with E-state index >= 15 is 0 Å². The molecule has 1 aliphatic heterocycles. The van der Waals surface area contributed by atoms with Crippen molar-refractivity contribution in [3.8, 4) is 0 Å². The zero-order valence-corrected chi connectivity index (χ0v) is 11.9. The van der Waals surface area contributed by atoms with Crippen LogP contribution in [0.4, 0.5) is 0 Å². The molecule has 0 radical (unpaired) electrons. The molecular weight excluding hydrogens is 246 g/mol. The molecule has 2 heterocycles. The van der Waals surface area contributed by atoms with Crippen molar-refractivity contribution in [2.45, 2.75) is 32.0 Å². The average Bonchev–Trinajstić information content (AvgIpc) is 2.48. The van der Waals surface area contributed by atoms with Crippen LogP contribution >= 0.6 is 0 Å². The van der Waals surface area contributed by atoms with Crippen molar-refractivity contribution in [3.63, 3.8) is 0 Å². The van der Waals surface area contributed by atoms with Crippen LogP contribution in [-0.4, -0.2) is 22.5 Å². The first-order chi connectivity index (χ1) is 9.75. The Bertz CT molecular complexity index is 565. The summed E-state index contributed by atoms with van der Waals surface area (Å²) in [6.07, 6.45) is 2.94. The number of pyridine rings is 1. The molecule has 2 aromatic rings. The van der Waals surface area contributed by atoms with Crippen molar-refractivity contribution in [3.05, 3.63) is 65.5 Å². The Labute approximate surface area is 120 Å². The van der Waals surface area contributed by atoms with Gasteiger partial charge in [0, 0.05) is 25.3 Å². The summed E-state index contributed by atoms with van der Waals surface area (Å²) < 4.78 is 0. The SMILES string of the molecule is CC(N)C(c1ccccn1)N1CCc2ccccc2C1. The zero-order chi connectivity index (χ0) is 13.9. The number of nitrogens with two attached hydrogens (primary N) is 1. The highest BCUT2D eigenvalue weighted by molar-refractivity contribution is 5.29. The molecule has 1 aromatic carbocycles. The summed E-state index contributed by atoms with van der Waals surface area (Å²) in [5, 5.41) is 0. The van der Waals surface area contributed by atoms with E-state index in [1.807, 2.05) is 18.3 Å². The number of rotatable bonds is 3. The maximum absolute atomic E-state index is 6.24. The molecule has 104 valence electrons. The Morgan fingerprint density at radius 1 is 1.10 bits per heavy atom. The second kappa shape index (κ2) is 5.73. The lowest BCUT2D eigenvalue weighted by atomic mass is 9.95. The van der Waals surface area contributed by atoms with Crippen molar-refractivity contribution in [1.82, 2.24) is 9.88 Å². The molecule has 3 nitrogen and oxygen atoms in total. The maximum atomic E-state index is 6.24. The fourth-order valence-electron chi connectivity index (χ4n) is 3.09. The third-order valence-electron chi connectivity index (χ3n) is 4.04. The van der Waals surface area contributed by atoms with Crippen LogP contribution in [0.5, 0.6) is 0 Å². The normalized spacial score (nSPS) is 18.3. The minimum Gasteiger partial charge on any atom is -0.326 e. The predicted molar refractivity (Wildman–Crippen MR) is 81.2 cm³/mol. The Kier molecular flexibility index (Phi) is 3.81. The van der Waals surface area contributed by atoms with E-state index < -0.39 is 0 Å². The molecule has 0 bridgehead atoms. The van der Waals surface area contributed by atoms with E-state index in [-0.39, 0.29) is 12.1 Å². The van der Waals surface area contributed by atoms with Gasteiger partial charge in [0.15, 0.2) is 0 Å². The van der Waals surface area contributed by atoms with E-state index in [4.69, 9.17) is 5.73 Å². The number of aromatic nitrogens is 1. The fourth-order valence-corrected chi connectivity index (χ4v) is 3.09. The van der Waals surface area contributed by atoms with Gasteiger partial charge in [-0.15, -0.1) is 0 Å². The van der Waals surface area contributed by atoms with E-state index in [0.29, 0.717) is 0 Å². The summed E-state index contributed by atoms with van der Waals surface area (Å²) in [6.45, 7) is 4.07. The van der Waals surface area contributed by atoms with E-state index in [1.165, 1.54) is 11.1 Å². The summed E-state index contributed by atoms with van der Waals surface area (Å²) in [4.78, 5) is 6.96.